The van der Waals surface area contributed by atoms with Gasteiger partial charge in [0.1, 0.15) is 0 Å². The van der Waals surface area contributed by atoms with Crippen LogP contribution in [0.3, 0.4) is 0 Å². The third-order valence-corrected chi connectivity index (χ3v) is 2.95. The molecule has 84 valence electrons. The van der Waals surface area contributed by atoms with Crippen LogP contribution in [0, 0.1) is 5.41 Å². The molecule has 1 spiro atoms. The number of nitrogens with one attached hydrogen (secondary N) is 1. The predicted molar refractivity (Wildman–Crippen MR) is 53.2 cm³/mol. The molecule has 2 aliphatic heterocycles. The summed E-state index contributed by atoms with van der Waals surface area (Å²) >= 11 is 0. The lowest BCUT2D eigenvalue weighted by Gasteiger charge is -2.45. The predicted octanol–water partition coefficient (Wildman–Crippen LogP) is 0.353. The Morgan fingerprint density at radius 3 is 2.67 bits per heavy atom. The average molecular weight is 212 g/mol. The highest BCUT2D eigenvalue weighted by molar-refractivity contribution is 5.88. The summed E-state index contributed by atoms with van der Waals surface area (Å²) in [6.07, 6.45) is 0.416. The monoisotopic (exact) mass is 212 g/mol. The topological polar surface area (TPSA) is 58.6 Å². The second-order valence-electron chi connectivity index (χ2n) is 4.57. The molecule has 0 aliphatic carbocycles. The van der Waals surface area contributed by atoms with Crippen molar-refractivity contribution < 1.29 is 14.3 Å². The number of amides is 2. The Balaban J connectivity index is 1.87. The van der Waals surface area contributed by atoms with Crippen LogP contribution < -0.4 is 5.32 Å². The van der Waals surface area contributed by atoms with Gasteiger partial charge in [-0.15, -0.1) is 0 Å². The molecule has 2 aliphatic rings. The van der Waals surface area contributed by atoms with Gasteiger partial charge in [-0.1, -0.05) is 0 Å². The lowest BCUT2D eigenvalue weighted by molar-refractivity contribution is -0.135. The third kappa shape index (κ3) is 1.66. The fraction of sp³-hybridized carbons (Fsp3) is 0.800. The van der Waals surface area contributed by atoms with E-state index in [-0.39, 0.29) is 23.5 Å². The summed E-state index contributed by atoms with van der Waals surface area (Å²) in [7, 11) is 0. The van der Waals surface area contributed by atoms with Gasteiger partial charge in [0.25, 0.3) is 0 Å². The minimum atomic E-state index is -0.310. The second-order valence-corrected chi connectivity index (χ2v) is 4.57. The largest absolute Gasteiger partial charge is 0.447 e. The van der Waals surface area contributed by atoms with Crippen LogP contribution >= 0.6 is 0 Å². The molecule has 5 heteroatoms. The van der Waals surface area contributed by atoms with E-state index in [9.17, 15) is 9.59 Å². The van der Waals surface area contributed by atoms with E-state index in [1.165, 1.54) is 0 Å². The van der Waals surface area contributed by atoms with Crippen LogP contribution in [0.4, 0.5) is 4.79 Å². The molecule has 2 amide bonds. The highest BCUT2D eigenvalue weighted by Crippen LogP contribution is 2.37. The van der Waals surface area contributed by atoms with Crippen molar-refractivity contribution in [1.82, 2.24) is 10.2 Å². The van der Waals surface area contributed by atoms with E-state index in [1.54, 1.807) is 4.90 Å². The molecule has 0 unspecified atom stereocenters. The first-order chi connectivity index (χ1) is 7.03. The Kier molecular flexibility index (Phi) is 2.32. The van der Waals surface area contributed by atoms with Crippen molar-refractivity contribution in [3.63, 3.8) is 0 Å². The lowest BCUT2D eigenvalue weighted by atomic mass is 9.79. The molecule has 0 aromatic rings. The minimum absolute atomic E-state index is 0.0797. The van der Waals surface area contributed by atoms with Crippen molar-refractivity contribution in [2.24, 2.45) is 5.41 Å². The summed E-state index contributed by atoms with van der Waals surface area (Å²) in [5, 5.41) is 2.79. The van der Waals surface area contributed by atoms with Crippen molar-refractivity contribution in [3.8, 4) is 0 Å². The molecule has 0 aromatic carbocycles. The van der Waals surface area contributed by atoms with E-state index in [0.717, 1.165) is 13.0 Å². The number of carbonyl (C=O) groups excluding carboxylic acids is 2. The Morgan fingerprint density at radius 1 is 1.53 bits per heavy atom. The van der Waals surface area contributed by atoms with Crippen molar-refractivity contribution in [2.75, 3.05) is 19.6 Å². The van der Waals surface area contributed by atoms with Gasteiger partial charge in [0.2, 0.25) is 5.91 Å². The molecule has 0 bridgehead atoms. The van der Waals surface area contributed by atoms with Crippen LogP contribution in [-0.4, -0.2) is 42.6 Å². The van der Waals surface area contributed by atoms with Crippen molar-refractivity contribution >= 4 is 12.0 Å². The van der Waals surface area contributed by atoms with E-state index >= 15 is 0 Å². The number of ether oxygens (including phenoxy) is 1. The fourth-order valence-electron chi connectivity index (χ4n) is 2.11. The van der Waals surface area contributed by atoms with Gasteiger partial charge in [-0.3, -0.25) is 4.79 Å². The zero-order valence-corrected chi connectivity index (χ0v) is 9.08. The molecule has 2 fully saturated rings. The standard InChI is InChI=1S/C10H16N2O3/c1-7(2)15-9(14)12-5-10(6-12)3-4-11-8(10)13/h7H,3-6H2,1-2H3,(H,11,13). The van der Waals surface area contributed by atoms with Gasteiger partial charge in [0.05, 0.1) is 11.5 Å². The normalized spacial score (nSPS) is 22.9. The van der Waals surface area contributed by atoms with Crippen molar-refractivity contribution in [3.05, 3.63) is 0 Å². The maximum absolute atomic E-state index is 11.5. The summed E-state index contributed by atoms with van der Waals surface area (Å²) in [6, 6.07) is 0. The Labute approximate surface area is 88.8 Å². The number of hydrogen-bond acceptors (Lipinski definition) is 3. The molecule has 0 saturated carbocycles. The van der Waals surface area contributed by atoms with E-state index in [1.807, 2.05) is 13.8 Å². The minimum Gasteiger partial charge on any atom is -0.447 e. The van der Waals surface area contributed by atoms with Crippen LogP contribution in [0.5, 0.6) is 0 Å². The van der Waals surface area contributed by atoms with E-state index in [0.29, 0.717) is 13.1 Å². The molecular weight excluding hydrogens is 196 g/mol. The van der Waals surface area contributed by atoms with Gasteiger partial charge < -0.3 is 15.0 Å². The van der Waals surface area contributed by atoms with Crippen LogP contribution in [0.2, 0.25) is 0 Å². The van der Waals surface area contributed by atoms with Gasteiger partial charge in [-0.2, -0.15) is 0 Å². The number of nitrogens with zero attached hydrogens (tertiary/aromatic N) is 1. The van der Waals surface area contributed by atoms with Crippen LogP contribution in [0.25, 0.3) is 0 Å². The highest BCUT2D eigenvalue weighted by Gasteiger charge is 2.53. The van der Waals surface area contributed by atoms with Gasteiger partial charge in [0, 0.05) is 19.6 Å². The first-order valence-electron chi connectivity index (χ1n) is 5.27. The van der Waals surface area contributed by atoms with E-state index in [2.05, 4.69) is 5.32 Å². The lowest BCUT2D eigenvalue weighted by Crippen LogP contribution is -2.61. The fourth-order valence-corrected chi connectivity index (χ4v) is 2.11. The summed E-state index contributed by atoms with van der Waals surface area (Å²) in [5.74, 6) is 0.0797. The molecule has 5 nitrogen and oxygen atoms in total. The second kappa shape index (κ2) is 3.40. The highest BCUT2D eigenvalue weighted by atomic mass is 16.6. The third-order valence-electron chi connectivity index (χ3n) is 2.95. The van der Waals surface area contributed by atoms with E-state index in [4.69, 9.17) is 4.74 Å². The smallest absolute Gasteiger partial charge is 0.410 e. The van der Waals surface area contributed by atoms with Gasteiger partial charge in [0.15, 0.2) is 0 Å². The summed E-state index contributed by atoms with van der Waals surface area (Å²) in [4.78, 5) is 24.5. The summed E-state index contributed by atoms with van der Waals surface area (Å²) in [5.41, 5.74) is -0.310. The van der Waals surface area contributed by atoms with Gasteiger partial charge >= 0.3 is 6.09 Å². The molecule has 15 heavy (non-hydrogen) atoms. The molecule has 1 N–H and O–H groups in total. The molecule has 0 atom stereocenters. The average Bonchev–Trinajstić information content (AvgIpc) is 2.42. The van der Waals surface area contributed by atoms with Crippen LogP contribution in [-0.2, 0) is 9.53 Å². The van der Waals surface area contributed by atoms with Crippen LogP contribution in [0.1, 0.15) is 20.3 Å². The summed E-state index contributed by atoms with van der Waals surface area (Å²) in [6.45, 7) is 5.37. The zero-order chi connectivity index (χ0) is 11.1. The molecular formula is C10H16N2O3. The number of hydrogen-bond donors (Lipinski definition) is 1. The number of carbonyl (C=O) groups is 2. The van der Waals surface area contributed by atoms with Crippen LogP contribution in [0.15, 0.2) is 0 Å². The Bertz CT molecular complexity index is 295. The summed E-state index contributed by atoms with van der Waals surface area (Å²) < 4.78 is 5.05. The maximum Gasteiger partial charge on any atom is 0.410 e. The maximum atomic E-state index is 11.5. The van der Waals surface area contributed by atoms with Gasteiger partial charge in [-0.05, 0) is 20.3 Å². The van der Waals surface area contributed by atoms with Crippen molar-refractivity contribution in [2.45, 2.75) is 26.4 Å². The van der Waals surface area contributed by atoms with Crippen molar-refractivity contribution in [1.29, 1.82) is 0 Å². The van der Waals surface area contributed by atoms with Gasteiger partial charge in [-0.25, -0.2) is 4.79 Å². The first kappa shape index (κ1) is 10.3. The number of likely N-dealkylation sites (tertiary alicyclic amines) is 1. The number of rotatable bonds is 1. The molecule has 2 rings (SSSR count). The molecule has 2 saturated heterocycles. The zero-order valence-electron chi connectivity index (χ0n) is 9.08. The molecule has 2 heterocycles. The quantitative estimate of drug-likeness (QED) is 0.682. The SMILES string of the molecule is CC(C)OC(=O)N1CC2(CCNC2=O)C1. The molecule has 0 aromatic heterocycles. The first-order valence-corrected chi connectivity index (χ1v) is 5.27. The van der Waals surface area contributed by atoms with E-state index < -0.39 is 0 Å². The molecule has 0 radical (unpaired) electrons. The Hall–Kier alpha value is -1.26. The Morgan fingerprint density at radius 2 is 2.20 bits per heavy atom.